The molecule has 0 amide bonds. The van der Waals surface area contributed by atoms with Crippen molar-refractivity contribution in [1.82, 2.24) is 20.0 Å². The average molecular weight is 441 g/mol. The van der Waals surface area contributed by atoms with Crippen LogP contribution >= 0.6 is 0 Å². The van der Waals surface area contributed by atoms with Crippen LogP contribution in [0.4, 0.5) is 18.9 Å². The lowest BCUT2D eigenvalue weighted by Crippen LogP contribution is -2.27. The molecule has 4 rings (SSSR count). The van der Waals surface area contributed by atoms with Gasteiger partial charge in [0, 0.05) is 35.7 Å². The van der Waals surface area contributed by atoms with Crippen LogP contribution in [0.2, 0.25) is 0 Å². The summed E-state index contributed by atoms with van der Waals surface area (Å²) >= 11 is 0. The van der Waals surface area contributed by atoms with Crippen LogP contribution in [-0.2, 0) is 9.59 Å². The number of pyridine rings is 1. The number of nitrogens with one attached hydrogen (secondary N) is 1. The van der Waals surface area contributed by atoms with Crippen LogP contribution in [-0.4, -0.2) is 54.3 Å². The van der Waals surface area contributed by atoms with E-state index >= 15 is 0 Å². The van der Waals surface area contributed by atoms with E-state index in [1.807, 2.05) is 29.9 Å². The monoisotopic (exact) mass is 441 g/mol. The minimum Gasteiger partial charge on any atom is -0.481 e. The van der Waals surface area contributed by atoms with Crippen molar-refractivity contribution in [3.63, 3.8) is 0 Å². The zero-order chi connectivity index (χ0) is 22.8. The number of halogens is 3. The Labute approximate surface area is 175 Å². The molecule has 0 aliphatic heterocycles. The highest BCUT2D eigenvalue weighted by atomic mass is 19.4. The number of carboxylic acids is 2. The average Bonchev–Trinajstić information content (AvgIpc) is 3.25. The molecular weight excluding hydrogens is 419 g/mol. The lowest BCUT2D eigenvalue weighted by Gasteiger charge is -2.22. The lowest BCUT2D eigenvalue weighted by atomic mass is 10.1. The lowest BCUT2D eigenvalue weighted by molar-refractivity contribution is -0.192. The number of hydrogen-bond donors (Lipinski definition) is 3. The van der Waals surface area contributed by atoms with Gasteiger partial charge in [0.15, 0.2) is 0 Å². The van der Waals surface area contributed by atoms with Gasteiger partial charge in [-0.05, 0) is 44.7 Å². The molecule has 12 heteroatoms. The van der Waals surface area contributed by atoms with Crippen LogP contribution in [0, 0.1) is 12.8 Å². The molecule has 2 aromatic heterocycles. The largest absolute Gasteiger partial charge is 0.490 e. The summed E-state index contributed by atoms with van der Waals surface area (Å²) in [5.41, 5.74) is 2.93. The van der Waals surface area contributed by atoms with E-state index in [1.165, 1.54) is 12.8 Å². The Balaban J connectivity index is 0.000000339. The highest BCUT2D eigenvalue weighted by Crippen LogP contribution is 2.41. The van der Waals surface area contributed by atoms with Crippen molar-refractivity contribution in [1.29, 1.82) is 0 Å². The van der Waals surface area contributed by atoms with Gasteiger partial charge in [-0.1, -0.05) is 5.21 Å². The Bertz CT molecular complexity index is 945. The summed E-state index contributed by atoms with van der Waals surface area (Å²) in [6.45, 7) is 1.94. The third-order valence-corrected chi connectivity index (χ3v) is 5.23. The molecule has 1 unspecified atom stereocenters. The number of nitrogens with zero attached hydrogens (tertiary/aromatic N) is 4. The number of aliphatic carboxylic acids is 2. The standard InChI is InChI=1S/C17H21N5O2.C2HF3O2/c1-10-6-13(4-5-18-10)19-14-7-12(17(23)24)8-16(14)22-9-15(20-21-22)11-2-3-11;3-2(4,5)1(6)7/h4-6,9,11-12,14,16H,2-3,7-8H2,1H3,(H,18,19)(H,23,24);(H,6,7)/t12?,14-,16+;/m1./s1. The SMILES string of the molecule is Cc1cc(N[C@@H]2CC(C(=O)O)C[C@@H]2n2cc(C3CC3)nn2)ccn1.O=C(O)C(F)(F)F. The summed E-state index contributed by atoms with van der Waals surface area (Å²) in [5.74, 6) is -3.31. The van der Waals surface area contributed by atoms with E-state index in [0.717, 1.165) is 17.1 Å². The number of anilines is 1. The smallest absolute Gasteiger partial charge is 0.481 e. The molecule has 2 fully saturated rings. The number of hydrogen-bond acceptors (Lipinski definition) is 6. The van der Waals surface area contributed by atoms with E-state index in [1.54, 1.807) is 6.20 Å². The fraction of sp³-hybridized carbons (Fsp3) is 0.526. The van der Waals surface area contributed by atoms with Gasteiger partial charge in [-0.15, -0.1) is 5.10 Å². The van der Waals surface area contributed by atoms with Gasteiger partial charge in [-0.25, -0.2) is 9.48 Å². The third-order valence-electron chi connectivity index (χ3n) is 5.23. The zero-order valence-electron chi connectivity index (χ0n) is 16.6. The van der Waals surface area contributed by atoms with E-state index in [0.29, 0.717) is 18.8 Å². The molecule has 3 atom stereocenters. The predicted molar refractivity (Wildman–Crippen MR) is 101 cm³/mol. The molecule has 2 aliphatic carbocycles. The number of alkyl halides is 3. The first-order valence-electron chi connectivity index (χ1n) is 9.68. The van der Waals surface area contributed by atoms with Crippen molar-refractivity contribution in [2.24, 2.45) is 5.92 Å². The van der Waals surface area contributed by atoms with Gasteiger partial charge in [0.1, 0.15) is 0 Å². The molecule has 3 N–H and O–H groups in total. The number of aromatic nitrogens is 4. The molecule has 0 aromatic carbocycles. The first-order chi connectivity index (χ1) is 14.5. The second-order valence-electron chi connectivity index (χ2n) is 7.71. The molecule has 0 bridgehead atoms. The van der Waals surface area contributed by atoms with Crippen LogP contribution in [0.15, 0.2) is 24.5 Å². The maximum Gasteiger partial charge on any atom is 0.490 e. The van der Waals surface area contributed by atoms with Gasteiger partial charge < -0.3 is 15.5 Å². The van der Waals surface area contributed by atoms with Crippen molar-refractivity contribution in [3.05, 3.63) is 35.9 Å². The van der Waals surface area contributed by atoms with Crippen molar-refractivity contribution >= 4 is 17.6 Å². The molecule has 9 nitrogen and oxygen atoms in total. The normalized spacial score (nSPS) is 23.0. The Kier molecular flexibility index (Phi) is 6.46. The Morgan fingerprint density at radius 1 is 1.23 bits per heavy atom. The third kappa shape index (κ3) is 5.92. The summed E-state index contributed by atoms with van der Waals surface area (Å²) < 4.78 is 33.6. The summed E-state index contributed by atoms with van der Waals surface area (Å²) in [5, 5.41) is 28.6. The van der Waals surface area contributed by atoms with E-state index in [4.69, 9.17) is 9.90 Å². The van der Waals surface area contributed by atoms with Crippen LogP contribution in [0.1, 0.15) is 49.0 Å². The molecule has 2 saturated carbocycles. The highest BCUT2D eigenvalue weighted by Gasteiger charge is 2.40. The number of carbonyl (C=O) groups is 2. The second-order valence-corrected chi connectivity index (χ2v) is 7.71. The van der Waals surface area contributed by atoms with Crippen molar-refractivity contribution in [2.45, 2.75) is 56.8 Å². The molecule has 168 valence electrons. The van der Waals surface area contributed by atoms with Gasteiger partial charge in [0.25, 0.3) is 0 Å². The number of aryl methyl sites for hydroxylation is 1. The van der Waals surface area contributed by atoms with Crippen molar-refractivity contribution < 1.29 is 33.0 Å². The Hall–Kier alpha value is -3.18. The number of rotatable bonds is 5. The summed E-state index contributed by atoms with van der Waals surface area (Å²) in [6, 6.07) is 3.90. The van der Waals surface area contributed by atoms with Gasteiger partial charge in [-0.2, -0.15) is 13.2 Å². The van der Waals surface area contributed by atoms with E-state index in [-0.39, 0.29) is 18.0 Å². The Morgan fingerprint density at radius 3 is 2.45 bits per heavy atom. The van der Waals surface area contributed by atoms with Gasteiger partial charge in [0.2, 0.25) is 0 Å². The van der Waals surface area contributed by atoms with Gasteiger partial charge >= 0.3 is 18.1 Å². The second kappa shape index (κ2) is 8.90. The molecule has 0 radical (unpaired) electrons. The fourth-order valence-electron chi connectivity index (χ4n) is 3.53. The first-order valence-corrected chi connectivity index (χ1v) is 9.68. The van der Waals surface area contributed by atoms with Crippen LogP contribution < -0.4 is 5.32 Å². The van der Waals surface area contributed by atoms with Crippen LogP contribution in [0.25, 0.3) is 0 Å². The fourth-order valence-corrected chi connectivity index (χ4v) is 3.53. The van der Waals surface area contributed by atoms with Crippen LogP contribution in [0.3, 0.4) is 0 Å². The zero-order valence-corrected chi connectivity index (χ0v) is 16.6. The number of carboxylic acid groups (broad SMARTS) is 2. The summed E-state index contributed by atoms with van der Waals surface area (Å²) in [4.78, 5) is 24.6. The topological polar surface area (TPSA) is 130 Å². The first kappa shape index (κ1) is 22.5. The van der Waals surface area contributed by atoms with Crippen molar-refractivity contribution in [3.8, 4) is 0 Å². The molecule has 31 heavy (non-hydrogen) atoms. The van der Waals surface area contributed by atoms with Crippen molar-refractivity contribution in [2.75, 3.05) is 5.32 Å². The molecular formula is C19H22F3N5O4. The predicted octanol–water partition coefficient (Wildman–Crippen LogP) is 3.01. The van der Waals surface area contributed by atoms with Gasteiger partial charge in [-0.3, -0.25) is 9.78 Å². The molecule has 0 saturated heterocycles. The van der Waals surface area contributed by atoms with Crippen LogP contribution in [0.5, 0.6) is 0 Å². The quantitative estimate of drug-likeness (QED) is 0.646. The molecule has 2 aliphatic rings. The molecule has 0 spiro atoms. The maximum absolute atomic E-state index is 11.5. The summed E-state index contributed by atoms with van der Waals surface area (Å²) in [6.07, 6.45) is 2.19. The van der Waals surface area contributed by atoms with Gasteiger partial charge in [0.05, 0.1) is 17.7 Å². The van der Waals surface area contributed by atoms with E-state index < -0.39 is 18.1 Å². The van der Waals surface area contributed by atoms with E-state index in [9.17, 15) is 23.1 Å². The minimum atomic E-state index is -5.08. The minimum absolute atomic E-state index is 0.000397. The maximum atomic E-state index is 11.5. The highest BCUT2D eigenvalue weighted by molar-refractivity contribution is 5.73. The molecule has 2 aromatic rings. The van der Waals surface area contributed by atoms with E-state index in [2.05, 4.69) is 20.6 Å². The Morgan fingerprint density at radius 2 is 1.90 bits per heavy atom. The summed E-state index contributed by atoms with van der Waals surface area (Å²) in [7, 11) is 0. The molecule has 2 heterocycles.